The van der Waals surface area contributed by atoms with Crippen LogP contribution in [0.4, 0.5) is 13.2 Å². The summed E-state index contributed by atoms with van der Waals surface area (Å²) in [5.74, 6) is 2.20. The highest BCUT2D eigenvalue weighted by Crippen LogP contribution is 2.44. The molecule has 0 radical (unpaired) electrons. The second kappa shape index (κ2) is 10.2. The molecule has 1 saturated carbocycles. The fourth-order valence-corrected chi connectivity index (χ4v) is 9.03. The van der Waals surface area contributed by atoms with Gasteiger partial charge in [-0.3, -0.25) is 0 Å². The zero-order valence-corrected chi connectivity index (χ0v) is 18.3. The van der Waals surface area contributed by atoms with E-state index in [0.29, 0.717) is 5.92 Å². The third-order valence-corrected chi connectivity index (χ3v) is 10.7. The molecule has 1 aromatic rings. The van der Waals surface area contributed by atoms with Gasteiger partial charge in [0.2, 0.25) is 0 Å². The second-order valence-electron chi connectivity index (χ2n) is 9.01. The van der Waals surface area contributed by atoms with E-state index in [9.17, 15) is 13.2 Å². The lowest BCUT2D eigenvalue weighted by Gasteiger charge is -2.37. The van der Waals surface area contributed by atoms with Crippen LogP contribution in [0, 0.1) is 11.8 Å². The van der Waals surface area contributed by atoms with Crippen molar-refractivity contribution in [2.24, 2.45) is 11.8 Å². The Morgan fingerprint density at radius 2 is 1.50 bits per heavy atom. The Labute approximate surface area is 169 Å². The van der Waals surface area contributed by atoms with E-state index < -0.39 is 15.2 Å². The number of hydrogen-bond acceptors (Lipinski definition) is 1. The van der Waals surface area contributed by atoms with Crippen molar-refractivity contribution in [3.8, 4) is 5.75 Å². The van der Waals surface area contributed by atoms with Gasteiger partial charge in [0, 0.05) is 8.80 Å². The van der Waals surface area contributed by atoms with Crippen LogP contribution in [0.2, 0.25) is 18.1 Å². The Morgan fingerprint density at radius 3 is 2.07 bits per heavy atom. The summed E-state index contributed by atoms with van der Waals surface area (Å²) in [6.45, 7) is 2.29. The monoisotopic (exact) mass is 412 g/mol. The van der Waals surface area contributed by atoms with Crippen molar-refractivity contribution in [2.45, 2.75) is 95.1 Å². The number of halogens is 3. The van der Waals surface area contributed by atoms with Crippen LogP contribution in [0.3, 0.4) is 0 Å². The van der Waals surface area contributed by atoms with E-state index >= 15 is 0 Å². The molecule has 0 amide bonds. The summed E-state index contributed by atoms with van der Waals surface area (Å²) in [7, 11) is -0.424. The third kappa shape index (κ3) is 6.53. The summed E-state index contributed by atoms with van der Waals surface area (Å²) in [5.41, 5.74) is 1.17. The fourth-order valence-electron chi connectivity index (χ4n) is 5.50. The minimum Gasteiger partial charge on any atom is -0.406 e. The van der Waals surface area contributed by atoms with Crippen LogP contribution in [-0.4, -0.2) is 15.2 Å². The van der Waals surface area contributed by atoms with Crippen LogP contribution in [-0.2, 0) is 0 Å². The molecule has 0 unspecified atom stereocenters. The summed E-state index contributed by atoms with van der Waals surface area (Å²) >= 11 is 0. The van der Waals surface area contributed by atoms with E-state index in [2.05, 4.69) is 11.7 Å². The van der Waals surface area contributed by atoms with Gasteiger partial charge in [-0.1, -0.05) is 69.3 Å². The molecule has 158 valence electrons. The zero-order chi connectivity index (χ0) is 20.0. The predicted molar refractivity (Wildman–Crippen MR) is 112 cm³/mol. The van der Waals surface area contributed by atoms with Crippen molar-refractivity contribution in [3.63, 3.8) is 0 Å². The normalized spacial score (nSPS) is 28.9. The Kier molecular flexibility index (Phi) is 7.90. The molecule has 1 aliphatic heterocycles. The van der Waals surface area contributed by atoms with Crippen molar-refractivity contribution in [1.82, 2.24) is 0 Å². The molecular weight excluding hydrogens is 377 g/mol. The highest BCUT2D eigenvalue weighted by Gasteiger charge is 2.32. The fraction of sp³-hybridized carbons (Fsp3) is 0.739. The average Bonchev–Trinajstić information content (AvgIpc) is 2.68. The van der Waals surface area contributed by atoms with Gasteiger partial charge < -0.3 is 4.74 Å². The molecule has 0 N–H and O–H groups in total. The topological polar surface area (TPSA) is 9.23 Å². The van der Waals surface area contributed by atoms with Gasteiger partial charge in [-0.2, -0.15) is 0 Å². The molecule has 1 saturated heterocycles. The van der Waals surface area contributed by atoms with E-state index in [4.69, 9.17) is 0 Å². The first-order valence-corrected chi connectivity index (χ1v) is 13.7. The highest BCUT2D eigenvalue weighted by molar-refractivity contribution is 6.58. The SMILES string of the molecule is CCCCC[SiH]1CCC([C@H]2CC[C@H](c3ccc(OC(F)(F)F)cc3)CC2)CC1. The van der Waals surface area contributed by atoms with Crippen LogP contribution < -0.4 is 4.74 Å². The number of alkyl halides is 3. The molecule has 5 heteroatoms. The molecule has 3 rings (SSSR count). The molecule has 2 aliphatic rings. The predicted octanol–water partition coefficient (Wildman–Crippen LogP) is 7.69. The first kappa shape index (κ1) is 21.7. The molecule has 2 fully saturated rings. The number of ether oxygens (including phenoxy) is 1. The molecule has 0 bridgehead atoms. The van der Waals surface area contributed by atoms with Crippen LogP contribution >= 0.6 is 0 Å². The number of unbranched alkanes of at least 4 members (excludes halogenated alkanes) is 2. The Bertz CT molecular complexity index is 571. The molecule has 28 heavy (non-hydrogen) atoms. The molecule has 0 aromatic heterocycles. The van der Waals surface area contributed by atoms with Gasteiger partial charge in [0.25, 0.3) is 0 Å². The Balaban J connectivity index is 1.41. The van der Waals surface area contributed by atoms with Crippen molar-refractivity contribution in [2.75, 3.05) is 0 Å². The largest absolute Gasteiger partial charge is 0.573 e. The summed E-state index contributed by atoms with van der Waals surface area (Å²) in [4.78, 5) is 0. The number of benzene rings is 1. The van der Waals surface area contributed by atoms with Crippen LogP contribution in [0.1, 0.15) is 76.2 Å². The van der Waals surface area contributed by atoms with E-state index in [0.717, 1.165) is 11.8 Å². The lowest BCUT2D eigenvalue weighted by atomic mass is 9.72. The zero-order valence-electron chi connectivity index (χ0n) is 17.1. The maximum atomic E-state index is 12.3. The summed E-state index contributed by atoms with van der Waals surface area (Å²) in [5, 5.41) is 0. The molecule has 1 aromatic carbocycles. The minimum atomic E-state index is -4.61. The van der Waals surface area contributed by atoms with Crippen LogP contribution in [0.5, 0.6) is 5.75 Å². The van der Waals surface area contributed by atoms with Crippen molar-refractivity contribution >= 4 is 8.80 Å². The quantitative estimate of drug-likeness (QED) is 0.329. The van der Waals surface area contributed by atoms with E-state index in [-0.39, 0.29) is 5.75 Å². The van der Waals surface area contributed by atoms with Gasteiger partial charge in [0.1, 0.15) is 5.75 Å². The van der Waals surface area contributed by atoms with Crippen LogP contribution in [0.25, 0.3) is 0 Å². The maximum absolute atomic E-state index is 12.3. The first-order valence-electron chi connectivity index (χ1n) is 11.3. The standard InChI is InChI=1S/C23H35F3OSi/c1-2-3-4-15-28-16-13-21(14-17-28)19-7-5-18(6-8-19)20-9-11-22(12-10-20)27-23(24,25)26/h9-12,18-19,21,28H,2-8,13-17H2,1H3/t18-,19-,21?,28?. The minimum absolute atomic E-state index is 0.121. The van der Waals surface area contributed by atoms with E-state index in [1.54, 1.807) is 18.1 Å². The molecule has 0 spiro atoms. The van der Waals surface area contributed by atoms with Gasteiger partial charge in [0.15, 0.2) is 0 Å². The summed E-state index contributed by atoms with van der Waals surface area (Å²) in [6.07, 6.45) is 7.49. The van der Waals surface area contributed by atoms with Gasteiger partial charge >= 0.3 is 6.36 Å². The Morgan fingerprint density at radius 1 is 0.893 bits per heavy atom. The van der Waals surface area contributed by atoms with Crippen molar-refractivity contribution in [1.29, 1.82) is 0 Å². The number of rotatable bonds is 7. The van der Waals surface area contributed by atoms with Crippen LogP contribution in [0.15, 0.2) is 24.3 Å². The maximum Gasteiger partial charge on any atom is 0.573 e. The summed E-state index contributed by atoms with van der Waals surface area (Å²) in [6, 6.07) is 11.3. The van der Waals surface area contributed by atoms with E-state index in [1.165, 1.54) is 75.5 Å². The third-order valence-electron chi connectivity index (χ3n) is 7.13. The lowest BCUT2D eigenvalue weighted by molar-refractivity contribution is -0.274. The lowest BCUT2D eigenvalue weighted by Crippen LogP contribution is -2.28. The molecule has 1 aliphatic carbocycles. The van der Waals surface area contributed by atoms with Gasteiger partial charge in [-0.25, -0.2) is 0 Å². The number of hydrogen-bond donors (Lipinski definition) is 0. The smallest absolute Gasteiger partial charge is 0.406 e. The first-order chi connectivity index (χ1) is 13.4. The molecule has 1 heterocycles. The molecule has 0 atom stereocenters. The Hall–Kier alpha value is -0.973. The van der Waals surface area contributed by atoms with Crippen molar-refractivity contribution < 1.29 is 17.9 Å². The van der Waals surface area contributed by atoms with E-state index in [1.807, 2.05) is 12.1 Å². The average molecular weight is 413 g/mol. The van der Waals surface area contributed by atoms with Gasteiger partial charge in [-0.15, -0.1) is 13.2 Å². The van der Waals surface area contributed by atoms with Gasteiger partial charge in [-0.05, 0) is 61.1 Å². The molecular formula is C23H35F3OSi. The highest BCUT2D eigenvalue weighted by atomic mass is 28.3. The summed E-state index contributed by atoms with van der Waals surface area (Å²) < 4.78 is 40.9. The van der Waals surface area contributed by atoms with Gasteiger partial charge in [0.05, 0.1) is 0 Å². The molecule has 1 nitrogen and oxygen atoms in total. The second-order valence-corrected chi connectivity index (χ2v) is 12.5. The van der Waals surface area contributed by atoms with Crippen molar-refractivity contribution in [3.05, 3.63) is 29.8 Å².